The van der Waals surface area contributed by atoms with Crippen molar-refractivity contribution in [1.82, 2.24) is 14.6 Å². The largest absolute Gasteiger partial charge is 0.469 e. The Labute approximate surface area is 185 Å². The van der Waals surface area contributed by atoms with Gasteiger partial charge >= 0.3 is 0 Å². The smallest absolute Gasteiger partial charge is 0.249 e. The number of hydrogen-bond acceptors (Lipinski definition) is 5. The number of fused-ring (bicyclic) bond motifs is 1. The van der Waals surface area contributed by atoms with Crippen molar-refractivity contribution in [2.75, 3.05) is 6.61 Å². The molecule has 1 amide bonds. The summed E-state index contributed by atoms with van der Waals surface area (Å²) in [6.45, 7) is 3.15. The van der Waals surface area contributed by atoms with Gasteiger partial charge in [-0.25, -0.2) is 14.4 Å². The fourth-order valence-corrected chi connectivity index (χ4v) is 4.99. The van der Waals surface area contributed by atoms with Crippen molar-refractivity contribution in [3.63, 3.8) is 0 Å². The van der Waals surface area contributed by atoms with Gasteiger partial charge in [0.25, 0.3) is 0 Å². The molecule has 1 aliphatic carbocycles. The molecule has 5 rings (SSSR count). The maximum atomic E-state index is 14.1. The van der Waals surface area contributed by atoms with Crippen molar-refractivity contribution >= 4 is 16.9 Å². The molecule has 0 bridgehead atoms. The van der Waals surface area contributed by atoms with Crippen molar-refractivity contribution in [3.05, 3.63) is 53.5 Å². The number of carbonyl (C=O) groups excluding carboxylic acids is 1. The first-order valence-electron chi connectivity index (χ1n) is 11.1. The first kappa shape index (κ1) is 20.7. The average Bonchev–Trinajstić information content (AvgIpc) is 3.53. The molecule has 0 radical (unpaired) electrons. The normalized spacial score (nSPS) is 23.5. The quantitative estimate of drug-likeness (QED) is 0.594. The molecule has 2 aliphatic rings. The van der Waals surface area contributed by atoms with Gasteiger partial charge in [-0.2, -0.15) is 5.26 Å². The summed E-state index contributed by atoms with van der Waals surface area (Å²) in [6, 6.07) is 6.62. The van der Waals surface area contributed by atoms with Crippen LogP contribution in [-0.2, 0) is 16.2 Å². The van der Waals surface area contributed by atoms with Gasteiger partial charge < -0.3 is 8.98 Å². The minimum Gasteiger partial charge on any atom is -0.469 e. The van der Waals surface area contributed by atoms with Gasteiger partial charge in [-0.05, 0) is 50.7 Å². The molecule has 1 atom stereocenters. The Bertz CT molecular complexity index is 1190. The molecule has 2 fully saturated rings. The van der Waals surface area contributed by atoms with Crippen LogP contribution in [0.5, 0.6) is 0 Å². The lowest BCUT2D eigenvalue weighted by molar-refractivity contribution is -0.183. The van der Waals surface area contributed by atoms with Crippen molar-refractivity contribution in [2.45, 2.75) is 51.6 Å². The van der Waals surface area contributed by atoms with E-state index < -0.39 is 5.82 Å². The SMILES string of the molecule is Cc1cc([C@@H]2CCON2C(=O)C2CCC(Cn3cnc4cc(C#N)c(F)cc43)CC2)co1. The highest BCUT2D eigenvalue weighted by molar-refractivity contribution is 5.79. The Balaban J connectivity index is 1.22. The van der Waals surface area contributed by atoms with Gasteiger partial charge in [0.05, 0.1) is 41.8 Å². The standard InChI is InChI=1S/C24H25FN4O3/c1-15-8-19(13-31-15)22-6-7-32-29(22)24(30)17-4-2-16(3-5-17)12-28-14-27-21-9-18(11-26)20(25)10-23(21)28/h8-10,13-14,16-17,22H,2-7,12H2,1H3/t16?,17?,22-/m0/s1. The summed E-state index contributed by atoms with van der Waals surface area (Å²) in [5.41, 5.74) is 2.32. The number of nitriles is 1. The predicted octanol–water partition coefficient (Wildman–Crippen LogP) is 4.66. The van der Waals surface area contributed by atoms with E-state index in [2.05, 4.69) is 4.98 Å². The lowest BCUT2D eigenvalue weighted by atomic mass is 9.81. The Kier molecular flexibility index (Phi) is 5.43. The van der Waals surface area contributed by atoms with Crippen LogP contribution in [0, 0.1) is 35.9 Å². The van der Waals surface area contributed by atoms with Crippen LogP contribution in [-0.4, -0.2) is 27.1 Å². The van der Waals surface area contributed by atoms with E-state index in [0.717, 1.165) is 50.0 Å². The monoisotopic (exact) mass is 436 g/mol. The summed E-state index contributed by atoms with van der Waals surface area (Å²) in [6.07, 6.45) is 7.64. The van der Waals surface area contributed by atoms with Crippen molar-refractivity contribution < 1.29 is 18.4 Å². The van der Waals surface area contributed by atoms with Crippen LogP contribution in [0.25, 0.3) is 11.0 Å². The highest BCUT2D eigenvalue weighted by Crippen LogP contribution is 2.37. The van der Waals surface area contributed by atoms with Crippen LogP contribution >= 0.6 is 0 Å². The molecule has 3 heterocycles. The lowest BCUT2D eigenvalue weighted by Crippen LogP contribution is -2.36. The number of hydroxylamine groups is 2. The second kappa shape index (κ2) is 8.40. The molecule has 1 saturated heterocycles. The molecule has 7 nitrogen and oxygen atoms in total. The summed E-state index contributed by atoms with van der Waals surface area (Å²) in [5, 5.41) is 10.6. The van der Waals surface area contributed by atoms with Crippen LogP contribution < -0.4 is 0 Å². The number of halogens is 1. The van der Waals surface area contributed by atoms with Gasteiger partial charge in [-0.1, -0.05) is 0 Å². The average molecular weight is 436 g/mol. The van der Waals surface area contributed by atoms with Crippen molar-refractivity contribution in [2.24, 2.45) is 11.8 Å². The van der Waals surface area contributed by atoms with E-state index in [0.29, 0.717) is 23.6 Å². The lowest BCUT2D eigenvalue weighted by Gasteiger charge is -2.31. The van der Waals surface area contributed by atoms with Crippen molar-refractivity contribution in [1.29, 1.82) is 5.26 Å². The molecule has 1 aliphatic heterocycles. The number of aryl methyl sites for hydroxylation is 1. The number of amides is 1. The number of furan rings is 1. The second-order valence-electron chi connectivity index (χ2n) is 8.84. The molecule has 1 saturated carbocycles. The van der Waals surface area contributed by atoms with Gasteiger partial charge in [0.2, 0.25) is 5.91 Å². The van der Waals surface area contributed by atoms with Crippen LogP contribution in [0.4, 0.5) is 4.39 Å². The molecule has 1 aromatic carbocycles. The molecule has 0 spiro atoms. The maximum Gasteiger partial charge on any atom is 0.249 e. The topological polar surface area (TPSA) is 84.3 Å². The first-order chi connectivity index (χ1) is 15.5. The third-order valence-corrected chi connectivity index (χ3v) is 6.74. The van der Waals surface area contributed by atoms with Crippen LogP contribution in [0.1, 0.15) is 55.0 Å². The summed E-state index contributed by atoms with van der Waals surface area (Å²) < 4.78 is 21.5. The minimum absolute atomic E-state index is 0.00906. The molecular formula is C24H25FN4O3. The number of carbonyl (C=O) groups is 1. The maximum absolute atomic E-state index is 14.1. The molecule has 166 valence electrons. The van der Waals surface area contributed by atoms with Gasteiger partial charge in [-0.15, -0.1) is 0 Å². The third kappa shape index (κ3) is 3.78. The molecule has 32 heavy (non-hydrogen) atoms. The molecule has 3 aromatic rings. The van der Waals surface area contributed by atoms with Gasteiger partial charge in [0.15, 0.2) is 0 Å². The van der Waals surface area contributed by atoms with Crippen LogP contribution in [0.3, 0.4) is 0 Å². The highest BCUT2D eigenvalue weighted by atomic mass is 19.1. The van der Waals surface area contributed by atoms with Gasteiger partial charge in [0, 0.05) is 30.5 Å². The predicted molar refractivity (Wildman–Crippen MR) is 113 cm³/mol. The Morgan fingerprint density at radius 3 is 2.78 bits per heavy atom. The molecule has 0 unspecified atom stereocenters. The number of nitrogens with zero attached hydrogens (tertiary/aromatic N) is 4. The zero-order valence-corrected chi connectivity index (χ0v) is 18.0. The van der Waals surface area contributed by atoms with Gasteiger partial charge in [-0.3, -0.25) is 9.63 Å². The zero-order chi connectivity index (χ0) is 22.2. The summed E-state index contributed by atoms with van der Waals surface area (Å²) in [4.78, 5) is 23.2. The number of hydrogen-bond donors (Lipinski definition) is 0. The third-order valence-electron chi connectivity index (χ3n) is 6.74. The number of imidazole rings is 1. The van der Waals surface area contributed by atoms with E-state index in [1.807, 2.05) is 23.6 Å². The van der Waals surface area contributed by atoms with Crippen LogP contribution in [0.15, 0.2) is 35.2 Å². The highest BCUT2D eigenvalue weighted by Gasteiger charge is 2.37. The van der Waals surface area contributed by atoms with E-state index >= 15 is 0 Å². The van der Waals surface area contributed by atoms with E-state index in [1.165, 1.54) is 12.1 Å². The Hall–Kier alpha value is -3.18. The molecule has 8 heteroatoms. The number of rotatable bonds is 4. The number of benzene rings is 1. The van der Waals surface area contributed by atoms with E-state index in [1.54, 1.807) is 17.7 Å². The van der Waals surface area contributed by atoms with E-state index in [9.17, 15) is 9.18 Å². The molecular weight excluding hydrogens is 411 g/mol. The van der Waals surface area contributed by atoms with E-state index in [4.69, 9.17) is 14.5 Å². The number of aromatic nitrogens is 2. The van der Waals surface area contributed by atoms with E-state index in [-0.39, 0.29) is 23.4 Å². The molecule has 2 aromatic heterocycles. The fourth-order valence-electron chi connectivity index (χ4n) is 4.99. The van der Waals surface area contributed by atoms with Crippen molar-refractivity contribution in [3.8, 4) is 6.07 Å². The zero-order valence-electron chi connectivity index (χ0n) is 18.0. The van der Waals surface area contributed by atoms with Gasteiger partial charge in [0.1, 0.15) is 17.6 Å². The minimum atomic E-state index is -0.524. The second-order valence-corrected chi connectivity index (χ2v) is 8.84. The Morgan fingerprint density at radius 1 is 1.25 bits per heavy atom. The summed E-state index contributed by atoms with van der Waals surface area (Å²) in [5.74, 6) is 0.709. The fraction of sp³-hybridized carbons (Fsp3) is 0.458. The van der Waals surface area contributed by atoms with Crippen LogP contribution in [0.2, 0.25) is 0 Å². The summed E-state index contributed by atoms with van der Waals surface area (Å²) in [7, 11) is 0. The summed E-state index contributed by atoms with van der Waals surface area (Å²) >= 11 is 0. The molecule has 0 N–H and O–H groups in total. The first-order valence-corrected chi connectivity index (χ1v) is 11.1. The Morgan fingerprint density at radius 2 is 2.06 bits per heavy atom.